The second-order valence-corrected chi connectivity index (χ2v) is 8.01. The summed E-state index contributed by atoms with van der Waals surface area (Å²) in [5, 5.41) is 11.0. The van der Waals surface area contributed by atoms with Crippen LogP contribution in [-0.2, 0) is 12.8 Å². The van der Waals surface area contributed by atoms with Crippen LogP contribution in [0.5, 0.6) is 0 Å². The van der Waals surface area contributed by atoms with Gasteiger partial charge in [0.25, 0.3) is 0 Å². The molecule has 5 rings (SSSR count). The molecule has 2 heteroatoms. The van der Waals surface area contributed by atoms with Crippen molar-refractivity contribution in [3.05, 3.63) is 29.6 Å². The first-order valence-electron chi connectivity index (χ1n) is 8.79. The highest BCUT2D eigenvalue weighted by Gasteiger charge is 2.53. The first-order chi connectivity index (χ1) is 10.2. The Bertz CT molecular complexity index is 472. The second-order valence-electron chi connectivity index (χ2n) is 8.01. The molecule has 1 N–H and O–H groups in total. The Labute approximate surface area is 128 Å². The van der Waals surface area contributed by atoms with Gasteiger partial charge < -0.3 is 5.11 Å². The number of aliphatic hydroxyl groups excluding tert-OH is 1. The van der Waals surface area contributed by atoms with E-state index in [4.69, 9.17) is 0 Å². The van der Waals surface area contributed by atoms with E-state index in [9.17, 15) is 5.11 Å². The molecule has 4 aliphatic carbocycles. The number of pyridine rings is 1. The van der Waals surface area contributed by atoms with E-state index < -0.39 is 0 Å². The van der Waals surface area contributed by atoms with Gasteiger partial charge in [-0.15, -0.1) is 0 Å². The van der Waals surface area contributed by atoms with Crippen molar-refractivity contribution in [2.75, 3.05) is 0 Å². The van der Waals surface area contributed by atoms with Gasteiger partial charge in [0.2, 0.25) is 0 Å². The Hall–Kier alpha value is -0.890. The molecular weight excluding hydrogens is 258 g/mol. The standard InChI is InChI=1S/C19H27NO/c1-2-13-3-4-17(20-12-13)8-18(21)19-9-14-5-15(10-19)7-16(6-14)11-19/h3-4,12,14-16,18,21H,2,5-11H2,1H3. The summed E-state index contributed by atoms with van der Waals surface area (Å²) in [6.45, 7) is 2.15. The number of aliphatic hydroxyl groups is 1. The van der Waals surface area contributed by atoms with E-state index in [0.717, 1.165) is 36.3 Å². The molecule has 1 aromatic heterocycles. The van der Waals surface area contributed by atoms with E-state index in [0.29, 0.717) is 0 Å². The molecule has 0 aliphatic heterocycles. The van der Waals surface area contributed by atoms with Crippen LogP contribution in [0.3, 0.4) is 0 Å². The van der Waals surface area contributed by atoms with E-state index in [2.05, 4.69) is 24.0 Å². The highest BCUT2D eigenvalue weighted by Crippen LogP contribution is 2.61. The lowest BCUT2D eigenvalue weighted by Gasteiger charge is -2.58. The Morgan fingerprint density at radius 2 is 1.76 bits per heavy atom. The lowest BCUT2D eigenvalue weighted by Crippen LogP contribution is -2.52. The van der Waals surface area contributed by atoms with Crippen molar-refractivity contribution in [1.82, 2.24) is 4.98 Å². The second kappa shape index (κ2) is 5.08. The zero-order valence-corrected chi connectivity index (χ0v) is 13.1. The monoisotopic (exact) mass is 285 g/mol. The molecule has 4 bridgehead atoms. The fraction of sp³-hybridized carbons (Fsp3) is 0.737. The van der Waals surface area contributed by atoms with Gasteiger partial charge in [-0.1, -0.05) is 13.0 Å². The van der Waals surface area contributed by atoms with Gasteiger partial charge in [0.05, 0.1) is 6.10 Å². The van der Waals surface area contributed by atoms with Crippen LogP contribution in [0.15, 0.2) is 18.3 Å². The van der Waals surface area contributed by atoms with Crippen molar-refractivity contribution in [1.29, 1.82) is 0 Å². The third-order valence-corrected chi connectivity index (χ3v) is 6.49. The lowest BCUT2D eigenvalue weighted by molar-refractivity contribution is -0.119. The molecule has 1 unspecified atom stereocenters. The largest absolute Gasteiger partial charge is 0.392 e. The van der Waals surface area contributed by atoms with Crippen LogP contribution in [0.25, 0.3) is 0 Å². The molecule has 21 heavy (non-hydrogen) atoms. The summed E-state index contributed by atoms with van der Waals surface area (Å²) in [5.41, 5.74) is 2.57. The molecule has 1 atom stereocenters. The van der Waals surface area contributed by atoms with Crippen molar-refractivity contribution in [3.8, 4) is 0 Å². The van der Waals surface area contributed by atoms with E-state index in [1.54, 1.807) is 0 Å². The van der Waals surface area contributed by atoms with Crippen LogP contribution in [0.2, 0.25) is 0 Å². The van der Waals surface area contributed by atoms with Crippen LogP contribution in [0.1, 0.15) is 56.7 Å². The maximum absolute atomic E-state index is 11.0. The van der Waals surface area contributed by atoms with Gasteiger partial charge in [0.1, 0.15) is 0 Å². The normalized spacial score (nSPS) is 38.7. The summed E-state index contributed by atoms with van der Waals surface area (Å²) in [7, 11) is 0. The van der Waals surface area contributed by atoms with E-state index in [1.165, 1.54) is 44.1 Å². The summed E-state index contributed by atoms with van der Waals surface area (Å²) in [6, 6.07) is 4.28. The third kappa shape index (κ3) is 2.42. The summed E-state index contributed by atoms with van der Waals surface area (Å²) < 4.78 is 0. The minimum atomic E-state index is -0.189. The van der Waals surface area contributed by atoms with E-state index in [1.807, 2.05) is 6.20 Å². The first-order valence-corrected chi connectivity index (χ1v) is 8.79. The third-order valence-electron chi connectivity index (χ3n) is 6.49. The minimum absolute atomic E-state index is 0.189. The number of aromatic nitrogens is 1. The van der Waals surface area contributed by atoms with Gasteiger partial charge in [-0.05, 0) is 79.7 Å². The number of nitrogens with zero attached hydrogens (tertiary/aromatic N) is 1. The molecule has 0 aromatic carbocycles. The Balaban J connectivity index is 1.50. The van der Waals surface area contributed by atoms with Gasteiger partial charge in [0.15, 0.2) is 0 Å². The van der Waals surface area contributed by atoms with Crippen molar-refractivity contribution < 1.29 is 5.11 Å². The van der Waals surface area contributed by atoms with Crippen molar-refractivity contribution in [2.45, 2.75) is 64.4 Å². The highest BCUT2D eigenvalue weighted by atomic mass is 16.3. The Morgan fingerprint density at radius 3 is 2.24 bits per heavy atom. The molecule has 1 aromatic rings. The first kappa shape index (κ1) is 13.8. The molecule has 114 valence electrons. The number of hydrogen-bond acceptors (Lipinski definition) is 2. The molecule has 4 aliphatic rings. The lowest BCUT2D eigenvalue weighted by atomic mass is 9.48. The molecular formula is C19H27NO. The number of aryl methyl sites for hydroxylation is 1. The Morgan fingerprint density at radius 1 is 1.14 bits per heavy atom. The number of hydrogen-bond donors (Lipinski definition) is 1. The topological polar surface area (TPSA) is 33.1 Å². The average Bonchev–Trinajstić information content (AvgIpc) is 2.46. The van der Waals surface area contributed by atoms with Gasteiger partial charge >= 0.3 is 0 Å². The summed E-state index contributed by atoms with van der Waals surface area (Å²) >= 11 is 0. The SMILES string of the molecule is CCc1ccc(CC(O)C23CC4CC(CC(C4)C2)C3)nc1. The smallest absolute Gasteiger partial charge is 0.0652 e. The molecule has 4 saturated carbocycles. The average molecular weight is 285 g/mol. The minimum Gasteiger partial charge on any atom is -0.392 e. The van der Waals surface area contributed by atoms with Crippen LogP contribution in [0, 0.1) is 23.2 Å². The zero-order chi connectivity index (χ0) is 14.4. The molecule has 1 heterocycles. The zero-order valence-electron chi connectivity index (χ0n) is 13.1. The highest BCUT2D eigenvalue weighted by molar-refractivity contribution is 5.16. The quantitative estimate of drug-likeness (QED) is 0.913. The van der Waals surface area contributed by atoms with E-state index >= 15 is 0 Å². The Kier molecular flexibility index (Phi) is 3.33. The van der Waals surface area contributed by atoms with Crippen molar-refractivity contribution >= 4 is 0 Å². The number of rotatable bonds is 4. The van der Waals surface area contributed by atoms with Gasteiger partial charge in [-0.2, -0.15) is 0 Å². The fourth-order valence-corrected chi connectivity index (χ4v) is 5.79. The van der Waals surface area contributed by atoms with Crippen molar-refractivity contribution in [3.63, 3.8) is 0 Å². The van der Waals surface area contributed by atoms with Gasteiger partial charge in [-0.25, -0.2) is 0 Å². The predicted octanol–water partition coefficient (Wildman–Crippen LogP) is 3.76. The molecule has 0 amide bonds. The van der Waals surface area contributed by atoms with E-state index in [-0.39, 0.29) is 11.5 Å². The van der Waals surface area contributed by atoms with Crippen molar-refractivity contribution in [2.24, 2.45) is 23.2 Å². The molecule has 4 fully saturated rings. The predicted molar refractivity (Wildman–Crippen MR) is 83.9 cm³/mol. The van der Waals surface area contributed by atoms with Crippen LogP contribution >= 0.6 is 0 Å². The maximum atomic E-state index is 11.0. The molecule has 2 nitrogen and oxygen atoms in total. The van der Waals surface area contributed by atoms with Gasteiger partial charge in [-0.3, -0.25) is 4.98 Å². The summed E-state index contributed by atoms with van der Waals surface area (Å²) in [4.78, 5) is 4.56. The van der Waals surface area contributed by atoms with Crippen LogP contribution in [0.4, 0.5) is 0 Å². The summed E-state index contributed by atoms with van der Waals surface area (Å²) in [6.07, 6.45) is 11.7. The molecule has 0 radical (unpaired) electrons. The maximum Gasteiger partial charge on any atom is 0.0652 e. The van der Waals surface area contributed by atoms with Gasteiger partial charge in [0, 0.05) is 18.3 Å². The molecule has 0 spiro atoms. The summed E-state index contributed by atoms with van der Waals surface area (Å²) in [5.74, 6) is 2.71. The van der Waals surface area contributed by atoms with Crippen LogP contribution in [-0.4, -0.2) is 16.2 Å². The molecule has 0 saturated heterocycles. The van der Waals surface area contributed by atoms with Crippen LogP contribution < -0.4 is 0 Å². The fourth-order valence-electron chi connectivity index (χ4n) is 5.79.